The number of nitrogens with zero attached hydrogens (tertiary/aromatic N) is 1. The highest BCUT2D eigenvalue weighted by Crippen LogP contribution is 2.36. The summed E-state index contributed by atoms with van der Waals surface area (Å²) in [7, 11) is 1.98. The molecular weight excluding hydrogens is 250 g/mol. The molecule has 1 aromatic carbocycles. The highest BCUT2D eigenvalue weighted by Gasteiger charge is 2.30. The quantitative estimate of drug-likeness (QED) is 0.891. The van der Waals surface area contributed by atoms with Crippen molar-refractivity contribution in [2.24, 2.45) is 0 Å². The molecule has 0 amide bonds. The van der Waals surface area contributed by atoms with Crippen LogP contribution in [0.3, 0.4) is 0 Å². The lowest BCUT2D eigenvalue weighted by Gasteiger charge is -2.23. The lowest BCUT2D eigenvalue weighted by Crippen LogP contribution is -2.35. The van der Waals surface area contributed by atoms with Crippen LogP contribution in [0.4, 0.5) is 5.69 Å². The average molecular weight is 269 g/mol. The Balaban J connectivity index is 1.83. The molecule has 2 aromatic rings. The van der Waals surface area contributed by atoms with E-state index in [1.807, 2.05) is 31.4 Å². The molecular formula is C16H19N3O. The molecule has 3 N–H and O–H groups in total. The fourth-order valence-electron chi connectivity index (χ4n) is 2.81. The number of pyridine rings is 1. The summed E-state index contributed by atoms with van der Waals surface area (Å²) in [5.41, 5.74) is 9.17. The minimum atomic E-state index is 0.283. The van der Waals surface area contributed by atoms with E-state index in [1.54, 1.807) is 6.20 Å². The highest BCUT2D eigenvalue weighted by atomic mass is 16.5. The fourth-order valence-corrected chi connectivity index (χ4v) is 2.81. The summed E-state index contributed by atoms with van der Waals surface area (Å²) in [6, 6.07) is 10.4. The van der Waals surface area contributed by atoms with Gasteiger partial charge in [-0.15, -0.1) is 0 Å². The van der Waals surface area contributed by atoms with Crippen molar-refractivity contribution < 1.29 is 4.74 Å². The van der Waals surface area contributed by atoms with Crippen molar-refractivity contribution >= 4 is 5.69 Å². The molecule has 1 aliphatic heterocycles. The summed E-state index contributed by atoms with van der Waals surface area (Å²) in [6.45, 7) is 0.713. The summed E-state index contributed by atoms with van der Waals surface area (Å²) in [6.07, 6.45) is 4.42. The summed E-state index contributed by atoms with van der Waals surface area (Å²) in [5.74, 6) is 1.34. The van der Waals surface area contributed by atoms with Crippen LogP contribution in [-0.4, -0.2) is 24.7 Å². The summed E-state index contributed by atoms with van der Waals surface area (Å²) in [4.78, 5) is 4.16. The topological polar surface area (TPSA) is 60.2 Å². The van der Waals surface area contributed by atoms with Gasteiger partial charge >= 0.3 is 0 Å². The van der Waals surface area contributed by atoms with E-state index in [0.717, 1.165) is 23.4 Å². The van der Waals surface area contributed by atoms with Crippen molar-refractivity contribution in [2.45, 2.75) is 18.4 Å². The van der Waals surface area contributed by atoms with Crippen molar-refractivity contribution in [2.75, 3.05) is 19.4 Å². The molecule has 0 fully saturated rings. The molecule has 2 heterocycles. The number of hydrogen-bond donors (Lipinski definition) is 2. The van der Waals surface area contributed by atoms with Gasteiger partial charge in [-0.05, 0) is 31.2 Å². The van der Waals surface area contributed by atoms with Gasteiger partial charge in [-0.2, -0.15) is 0 Å². The van der Waals surface area contributed by atoms with E-state index in [-0.39, 0.29) is 6.04 Å². The molecule has 0 radical (unpaired) electrons. The lowest BCUT2D eigenvalue weighted by molar-refractivity contribution is 0.302. The predicted molar refractivity (Wildman–Crippen MR) is 79.9 cm³/mol. The first kappa shape index (κ1) is 12.9. The van der Waals surface area contributed by atoms with Gasteiger partial charge in [-0.25, -0.2) is 0 Å². The van der Waals surface area contributed by atoms with E-state index in [0.29, 0.717) is 12.5 Å². The van der Waals surface area contributed by atoms with E-state index in [1.165, 1.54) is 5.56 Å². The second-order valence-corrected chi connectivity index (χ2v) is 5.13. The SMILES string of the molecule is CNC(Cc1cnccc1N)C1COc2ccccc21. The van der Waals surface area contributed by atoms with Crippen molar-refractivity contribution in [3.8, 4) is 5.75 Å². The van der Waals surface area contributed by atoms with Gasteiger partial charge in [0.1, 0.15) is 5.75 Å². The number of fused-ring (bicyclic) bond motifs is 1. The van der Waals surface area contributed by atoms with Crippen molar-refractivity contribution in [3.05, 3.63) is 53.9 Å². The Hall–Kier alpha value is -2.07. The third-order valence-electron chi connectivity index (χ3n) is 3.97. The number of nitrogens with one attached hydrogen (secondary N) is 1. The molecule has 0 aliphatic carbocycles. The van der Waals surface area contributed by atoms with E-state index in [2.05, 4.69) is 22.4 Å². The van der Waals surface area contributed by atoms with Crippen LogP contribution in [-0.2, 0) is 6.42 Å². The van der Waals surface area contributed by atoms with Crippen LogP contribution in [0.25, 0.3) is 0 Å². The summed E-state index contributed by atoms with van der Waals surface area (Å²) >= 11 is 0. The first-order valence-electron chi connectivity index (χ1n) is 6.87. The molecule has 3 rings (SSSR count). The maximum Gasteiger partial charge on any atom is 0.122 e. The second-order valence-electron chi connectivity index (χ2n) is 5.13. The fraction of sp³-hybridized carbons (Fsp3) is 0.312. The normalized spacial score (nSPS) is 18.4. The summed E-state index contributed by atoms with van der Waals surface area (Å²) in [5, 5.41) is 3.40. The maximum atomic E-state index is 6.02. The van der Waals surface area contributed by atoms with Gasteiger partial charge in [0.2, 0.25) is 0 Å². The molecule has 4 nitrogen and oxygen atoms in total. The van der Waals surface area contributed by atoms with Crippen LogP contribution in [0, 0.1) is 0 Å². The molecule has 0 saturated heterocycles. The van der Waals surface area contributed by atoms with Crippen LogP contribution >= 0.6 is 0 Å². The standard InChI is InChI=1S/C16H19N3O/c1-18-15(8-11-9-19-7-6-14(11)17)13-10-20-16-5-3-2-4-12(13)16/h2-7,9,13,15,18H,8,10H2,1H3,(H2,17,19). The number of likely N-dealkylation sites (N-methyl/N-ethyl adjacent to an activating group) is 1. The zero-order valence-electron chi connectivity index (χ0n) is 11.5. The predicted octanol–water partition coefficient (Wildman–Crippen LogP) is 1.97. The Morgan fingerprint density at radius 1 is 1.40 bits per heavy atom. The van der Waals surface area contributed by atoms with E-state index in [9.17, 15) is 0 Å². The third-order valence-corrected chi connectivity index (χ3v) is 3.97. The number of anilines is 1. The molecule has 104 valence electrons. The molecule has 0 bridgehead atoms. The van der Waals surface area contributed by atoms with Crippen LogP contribution in [0.5, 0.6) is 5.75 Å². The third kappa shape index (κ3) is 2.34. The number of nitrogens with two attached hydrogens (primary N) is 1. The Labute approximate surface area is 119 Å². The van der Waals surface area contributed by atoms with Gasteiger partial charge in [0.15, 0.2) is 0 Å². The van der Waals surface area contributed by atoms with Gasteiger partial charge in [-0.1, -0.05) is 18.2 Å². The van der Waals surface area contributed by atoms with E-state index in [4.69, 9.17) is 10.5 Å². The molecule has 4 heteroatoms. The molecule has 1 aliphatic rings. The molecule has 0 saturated carbocycles. The monoisotopic (exact) mass is 269 g/mol. The van der Waals surface area contributed by atoms with E-state index >= 15 is 0 Å². The molecule has 20 heavy (non-hydrogen) atoms. The van der Waals surface area contributed by atoms with Crippen LogP contribution < -0.4 is 15.8 Å². The first-order chi connectivity index (χ1) is 9.79. The molecule has 1 aromatic heterocycles. The average Bonchev–Trinajstić information content (AvgIpc) is 2.90. The second kappa shape index (κ2) is 5.51. The number of hydrogen-bond acceptors (Lipinski definition) is 4. The minimum absolute atomic E-state index is 0.283. The van der Waals surface area contributed by atoms with Crippen molar-refractivity contribution in [1.29, 1.82) is 0 Å². The largest absolute Gasteiger partial charge is 0.493 e. The summed E-state index contributed by atoms with van der Waals surface area (Å²) < 4.78 is 5.77. The highest BCUT2D eigenvalue weighted by molar-refractivity contribution is 5.46. The number of aromatic nitrogens is 1. The molecule has 0 spiro atoms. The minimum Gasteiger partial charge on any atom is -0.493 e. The van der Waals surface area contributed by atoms with Gasteiger partial charge in [0.25, 0.3) is 0 Å². The van der Waals surface area contributed by atoms with E-state index < -0.39 is 0 Å². The number of nitrogen functional groups attached to an aromatic ring is 1. The number of ether oxygens (including phenoxy) is 1. The Bertz CT molecular complexity index is 600. The maximum absolute atomic E-state index is 6.02. The number of para-hydroxylation sites is 1. The van der Waals surface area contributed by atoms with Crippen molar-refractivity contribution in [3.63, 3.8) is 0 Å². The zero-order valence-corrected chi connectivity index (χ0v) is 11.5. The number of rotatable bonds is 4. The van der Waals surface area contributed by atoms with Crippen LogP contribution in [0.15, 0.2) is 42.7 Å². The Morgan fingerprint density at radius 3 is 3.05 bits per heavy atom. The molecule has 2 unspecified atom stereocenters. The van der Waals surface area contributed by atoms with Crippen molar-refractivity contribution in [1.82, 2.24) is 10.3 Å². The van der Waals surface area contributed by atoms with Gasteiger partial charge in [0.05, 0.1) is 6.61 Å². The van der Waals surface area contributed by atoms with Gasteiger partial charge in [0, 0.05) is 35.6 Å². The van der Waals surface area contributed by atoms with Crippen LogP contribution in [0.2, 0.25) is 0 Å². The zero-order chi connectivity index (χ0) is 13.9. The lowest BCUT2D eigenvalue weighted by atomic mass is 9.89. The number of benzene rings is 1. The Morgan fingerprint density at radius 2 is 2.25 bits per heavy atom. The van der Waals surface area contributed by atoms with Crippen LogP contribution in [0.1, 0.15) is 17.0 Å². The Kier molecular flexibility index (Phi) is 3.56. The van der Waals surface area contributed by atoms with Gasteiger partial charge < -0.3 is 15.8 Å². The van der Waals surface area contributed by atoms with Gasteiger partial charge in [-0.3, -0.25) is 4.98 Å². The molecule has 2 atom stereocenters. The first-order valence-corrected chi connectivity index (χ1v) is 6.87. The smallest absolute Gasteiger partial charge is 0.122 e.